The van der Waals surface area contributed by atoms with Crippen LogP contribution >= 0.6 is 11.6 Å². The molecular formula is C25H25ClN4O2. The van der Waals surface area contributed by atoms with Crippen molar-refractivity contribution in [2.75, 3.05) is 11.9 Å². The fourth-order valence-electron chi connectivity index (χ4n) is 3.36. The highest BCUT2D eigenvalue weighted by Gasteiger charge is 2.12. The molecule has 164 valence electrons. The number of fused-ring (bicyclic) bond motifs is 1. The van der Waals surface area contributed by atoms with Crippen LogP contribution in [0.15, 0.2) is 60.7 Å². The van der Waals surface area contributed by atoms with Gasteiger partial charge in [0.25, 0.3) is 5.91 Å². The first-order valence-electron chi connectivity index (χ1n) is 10.6. The number of benzene rings is 3. The molecule has 0 aliphatic carbocycles. The molecule has 0 aliphatic rings. The first-order valence-corrected chi connectivity index (χ1v) is 11.0. The number of aromatic nitrogens is 3. The number of aryl methyl sites for hydroxylation is 1. The number of hydrogen-bond acceptors (Lipinski definition) is 4. The van der Waals surface area contributed by atoms with E-state index in [0.717, 1.165) is 23.2 Å². The molecule has 7 heteroatoms. The van der Waals surface area contributed by atoms with Crippen LogP contribution in [0.25, 0.3) is 16.7 Å². The standard InChI is InChI=1S/C25H25ClN4O2/c1-4-16(2)18-5-11-21(12-6-18)32-15-25(31)27-22-14-24-23(13-17(22)3)28-30(29-24)20-9-7-19(26)8-10-20/h5-14,16H,4,15H2,1-3H3,(H,27,31)/t16-/m0/s1. The van der Waals surface area contributed by atoms with Gasteiger partial charge < -0.3 is 10.1 Å². The van der Waals surface area contributed by atoms with Gasteiger partial charge >= 0.3 is 0 Å². The fraction of sp³-hybridized carbons (Fsp3) is 0.240. The zero-order chi connectivity index (χ0) is 22.7. The molecule has 0 unspecified atom stereocenters. The second-order valence-electron chi connectivity index (χ2n) is 7.84. The number of nitrogens with zero attached hydrogens (tertiary/aromatic N) is 3. The van der Waals surface area contributed by atoms with Crippen molar-refractivity contribution in [1.82, 2.24) is 15.0 Å². The van der Waals surface area contributed by atoms with Gasteiger partial charge in [0.1, 0.15) is 16.8 Å². The highest BCUT2D eigenvalue weighted by Crippen LogP contribution is 2.24. The van der Waals surface area contributed by atoms with E-state index in [1.54, 1.807) is 16.9 Å². The predicted molar refractivity (Wildman–Crippen MR) is 128 cm³/mol. The van der Waals surface area contributed by atoms with Crippen molar-refractivity contribution < 1.29 is 9.53 Å². The number of carbonyl (C=O) groups is 1. The Morgan fingerprint density at radius 3 is 2.38 bits per heavy atom. The summed E-state index contributed by atoms with van der Waals surface area (Å²) in [5.41, 5.74) is 5.07. The number of hydrogen-bond donors (Lipinski definition) is 1. The maximum absolute atomic E-state index is 12.5. The molecule has 4 aromatic rings. The van der Waals surface area contributed by atoms with E-state index in [4.69, 9.17) is 16.3 Å². The molecule has 0 saturated carbocycles. The number of carbonyl (C=O) groups excluding carboxylic acids is 1. The quantitative estimate of drug-likeness (QED) is 0.381. The van der Waals surface area contributed by atoms with E-state index in [-0.39, 0.29) is 12.5 Å². The van der Waals surface area contributed by atoms with Crippen molar-refractivity contribution in [1.29, 1.82) is 0 Å². The first kappa shape index (κ1) is 21.8. The number of anilines is 1. The molecule has 1 heterocycles. The lowest BCUT2D eigenvalue weighted by molar-refractivity contribution is -0.118. The minimum absolute atomic E-state index is 0.0718. The highest BCUT2D eigenvalue weighted by molar-refractivity contribution is 6.30. The Bertz CT molecular complexity index is 1230. The Balaban J connectivity index is 1.43. The summed E-state index contributed by atoms with van der Waals surface area (Å²) in [5, 5.41) is 12.6. The van der Waals surface area contributed by atoms with Crippen molar-refractivity contribution in [3.8, 4) is 11.4 Å². The van der Waals surface area contributed by atoms with Crippen LogP contribution in [0.1, 0.15) is 37.3 Å². The zero-order valence-electron chi connectivity index (χ0n) is 18.3. The van der Waals surface area contributed by atoms with Crippen LogP contribution in [0.5, 0.6) is 5.75 Å². The van der Waals surface area contributed by atoms with Gasteiger partial charge in [-0.25, -0.2) is 0 Å². The molecular weight excluding hydrogens is 424 g/mol. The summed E-state index contributed by atoms with van der Waals surface area (Å²) in [4.78, 5) is 14.0. The Morgan fingerprint density at radius 1 is 1.06 bits per heavy atom. The lowest BCUT2D eigenvalue weighted by atomic mass is 9.99. The summed E-state index contributed by atoms with van der Waals surface area (Å²) >= 11 is 5.96. The first-order chi connectivity index (χ1) is 15.4. The molecule has 3 aromatic carbocycles. The van der Waals surface area contributed by atoms with Crippen LogP contribution in [0.3, 0.4) is 0 Å². The number of nitrogens with one attached hydrogen (secondary N) is 1. The minimum Gasteiger partial charge on any atom is -0.484 e. The van der Waals surface area contributed by atoms with Gasteiger partial charge in [0, 0.05) is 10.7 Å². The molecule has 6 nitrogen and oxygen atoms in total. The Kier molecular flexibility index (Phi) is 6.42. The number of amides is 1. The summed E-state index contributed by atoms with van der Waals surface area (Å²) < 4.78 is 5.65. The van der Waals surface area contributed by atoms with E-state index in [1.807, 2.05) is 55.5 Å². The van der Waals surface area contributed by atoms with Crippen LogP contribution in [-0.2, 0) is 4.79 Å². The molecule has 0 radical (unpaired) electrons. The van der Waals surface area contributed by atoms with Crippen molar-refractivity contribution in [2.45, 2.75) is 33.1 Å². The SMILES string of the molecule is CC[C@H](C)c1ccc(OCC(=O)Nc2cc3nn(-c4ccc(Cl)cc4)nc3cc2C)cc1. The summed E-state index contributed by atoms with van der Waals surface area (Å²) in [6.07, 6.45) is 1.08. The second kappa shape index (κ2) is 9.40. The van der Waals surface area contributed by atoms with Crippen LogP contribution in [-0.4, -0.2) is 27.5 Å². The summed E-state index contributed by atoms with van der Waals surface area (Å²) in [5.74, 6) is 0.941. The number of halogens is 1. The summed E-state index contributed by atoms with van der Waals surface area (Å²) in [7, 11) is 0. The molecule has 1 amide bonds. The maximum atomic E-state index is 12.5. The normalized spacial score (nSPS) is 12.0. The topological polar surface area (TPSA) is 69.0 Å². The molecule has 32 heavy (non-hydrogen) atoms. The average molecular weight is 449 g/mol. The zero-order valence-corrected chi connectivity index (χ0v) is 19.1. The van der Waals surface area contributed by atoms with E-state index in [0.29, 0.717) is 27.9 Å². The molecule has 1 N–H and O–H groups in total. The Hall–Kier alpha value is -3.38. The molecule has 0 aliphatic heterocycles. The molecule has 0 saturated heterocycles. The van der Waals surface area contributed by atoms with E-state index >= 15 is 0 Å². The maximum Gasteiger partial charge on any atom is 0.262 e. The lowest BCUT2D eigenvalue weighted by Gasteiger charge is -2.11. The van der Waals surface area contributed by atoms with Crippen molar-refractivity contribution in [2.24, 2.45) is 0 Å². The van der Waals surface area contributed by atoms with Crippen LogP contribution in [0, 0.1) is 6.92 Å². The summed E-state index contributed by atoms with van der Waals surface area (Å²) in [6.45, 7) is 6.20. The lowest BCUT2D eigenvalue weighted by Crippen LogP contribution is -2.20. The fourth-order valence-corrected chi connectivity index (χ4v) is 3.48. The highest BCUT2D eigenvalue weighted by atomic mass is 35.5. The third-order valence-corrected chi connectivity index (χ3v) is 5.74. The third kappa shape index (κ3) is 4.92. The largest absolute Gasteiger partial charge is 0.484 e. The molecule has 0 spiro atoms. The Morgan fingerprint density at radius 2 is 1.72 bits per heavy atom. The van der Waals surface area contributed by atoms with E-state index in [1.165, 1.54) is 5.56 Å². The monoisotopic (exact) mass is 448 g/mol. The number of rotatable bonds is 7. The van der Waals surface area contributed by atoms with Gasteiger partial charge in [-0.15, -0.1) is 10.2 Å². The van der Waals surface area contributed by atoms with Gasteiger partial charge in [0.15, 0.2) is 6.61 Å². The van der Waals surface area contributed by atoms with Gasteiger partial charge in [-0.2, -0.15) is 4.80 Å². The smallest absolute Gasteiger partial charge is 0.262 e. The van der Waals surface area contributed by atoms with Gasteiger partial charge in [-0.1, -0.05) is 37.6 Å². The molecule has 0 fully saturated rings. The van der Waals surface area contributed by atoms with Crippen molar-refractivity contribution in [3.05, 3.63) is 76.8 Å². The predicted octanol–water partition coefficient (Wildman–Crippen LogP) is 5.91. The second-order valence-corrected chi connectivity index (χ2v) is 8.27. The average Bonchev–Trinajstić information content (AvgIpc) is 3.20. The number of ether oxygens (including phenoxy) is 1. The molecule has 0 bridgehead atoms. The third-order valence-electron chi connectivity index (χ3n) is 5.49. The van der Waals surface area contributed by atoms with Gasteiger partial charge in [-0.05, 0) is 78.9 Å². The van der Waals surface area contributed by atoms with E-state index < -0.39 is 0 Å². The molecule has 1 atom stereocenters. The van der Waals surface area contributed by atoms with Crippen molar-refractivity contribution in [3.63, 3.8) is 0 Å². The van der Waals surface area contributed by atoms with Gasteiger partial charge in [-0.3, -0.25) is 4.79 Å². The van der Waals surface area contributed by atoms with Crippen molar-refractivity contribution >= 4 is 34.2 Å². The molecule has 1 aromatic heterocycles. The minimum atomic E-state index is -0.233. The van der Waals surface area contributed by atoms with E-state index in [9.17, 15) is 4.79 Å². The Labute approximate surface area is 192 Å². The van der Waals surface area contributed by atoms with Crippen LogP contribution in [0.4, 0.5) is 5.69 Å². The molecule has 4 rings (SSSR count). The van der Waals surface area contributed by atoms with Gasteiger partial charge in [0.05, 0.1) is 5.69 Å². The van der Waals surface area contributed by atoms with E-state index in [2.05, 4.69) is 29.4 Å². The van der Waals surface area contributed by atoms with Gasteiger partial charge in [0.2, 0.25) is 0 Å². The van der Waals surface area contributed by atoms with Crippen LogP contribution in [0.2, 0.25) is 5.02 Å². The summed E-state index contributed by atoms with van der Waals surface area (Å²) in [6, 6.07) is 18.9. The van der Waals surface area contributed by atoms with Crippen LogP contribution < -0.4 is 10.1 Å².